The molecular formula is C46H30. The number of fused-ring (bicyclic) bond motifs is 4. The third kappa shape index (κ3) is 4.30. The molecular weight excluding hydrogens is 553 g/mol. The Balaban J connectivity index is 1.38. The molecule has 0 heterocycles. The van der Waals surface area contributed by atoms with E-state index >= 15 is 0 Å². The van der Waals surface area contributed by atoms with Gasteiger partial charge >= 0.3 is 0 Å². The fourth-order valence-electron chi connectivity index (χ4n) is 7.33. The van der Waals surface area contributed by atoms with Crippen molar-refractivity contribution >= 4 is 43.1 Å². The van der Waals surface area contributed by atoms with Gasteiger partial charge in [0.25, 0.3) is 0 Å². The van der Waals surface area contributed by atoms with E-state index in [1.807, 2.05) is 0 Å². The normalized spacial score (nSPS) is 11.5. The van der Waals surface area contributed by atoms with Gasteiger partial charge < -0.3 is 0 Å². The molecule has 0 spiro atoms. The van der Waals surface area contributed by atoms with E-state index in [2.05, 4.69) is 182 Å². The maximum absolute atomic E-state index is 2.41. The van der Waals surface area contributed by atoms with Gasteiger partial charge in [-0.15, -0.1) is 0 Å². The molecule has 0 saturated carbocycles. The van der Waals surface area contributed by atoms with E-state index in [9.17, 15) is 0 Å². The molecule has 9 rings (SSSR count). The van der Waals surface area contributed by atoms with Crippen LogP contribution in [0.5, 0.6) is 0 Å². The lowest BCUT2D eigenvalue weighted by molar-refractivity contribution is 1.61. The summed E-state index contributed by atoms with van der Waals surface area (Å²) in [5.74, 6) is 0. The summed E-state index contributed by atoms with van der Waals surface area (Å²) in [5.41, 5.74) is 10.0. The first-order chi connectivity index (χ1) is 22.8. The molecule has 0 aliphatic heterocycles. The van der Waals surface area contributed by atoms with Gasteiger partial charge in [-0.25, -0.2) is 0 Å². The fourth-order valence-corrected chi connectivity index (χ4v) is 7.33. The Morgan fingerprint density at radius 2 is 0.696 bits per heavy atom. The molecule has 9 aromatic rings. The highest BCUT2D eigenvalue weighted by molar-refractivity contribution is 6.24. The van der Waals surface area contributed by atoms with Crippen LogP contribution in [-0.2, 0) is 0 Å². The quantitative estimate of drug-likeness (QED) is 0.181. The van der Waals surface area contributed by atoms with E-state index < -0.39 is 0 Å². The van der Waals surface area contributed by atoms with Crippen molar-refractivity contribution in [3.63, 3.8) is 0 Å². The molecule has 0 amide bonds. The van der Waals surface area contributed by atoms with Gasteiger partial charge in [0, 0.05) is 0 Å². The largest absolute Gasteiger partial charge is 0.0622 e. The van der Waals surface area contributed by atoms with Gasteiger partial charge in [0.15, 0.2) is 0 Å². The SMILES string of the molecule is c1ccc(-c2ccccc2-c2c3ccccc3c(-c3cc(-c4ccc5ccccc5c4)cc4ccccc34)c3ccccc23)cc1. The minimum absolute atomic E-state index is 1.23. The van der Waals surface area contributed by atoms with Crippen molar-refractivity contribution in [2.75, 3.05) is 0 Å². The Kier molecular flexibility index (Phi) is 6.25. The summed E-state index contributed by atoms with van der Waals surface area (Å²) in [5, 5.41) is 10.1. The zero-order valence-corrected chi connectivity index (χ0v) is 25.3. The third-order valence-electron chi connectivity index (χ3n) is 9.43. The van der Waals surface area contributed by atoms with Crippen molar-refractivity contribution in [1.29, 1.82) is 0 Å². The lowest BCUT2D eigenvalue weighted by Gasteiger charge is -2.21. The molecule has 0 aliphatic carbocycles. The Labute approximate surface area is 268 Å². The lowest BCUT2D eigenvalue weighted by atomic mass is 9.82. The summed E-state index contributed by atoms with van der Waals surface area (Å²) in [4.78, 5) is 0. The van der Waals surface area contributed by atoms with Crippen molar-refractivity contribution in [3.8, 4) is 44.5 Å². The van der Waals surface area contributed by atoms with Crippen LogP contribution >= 0.6 is 0 Å². The lowest BCUT2D eigenvalue weighted by Crippen LogP contribution is -1.93. The smallest absolute Gasteiger partial charge is 0.00199 e. The average Bonchev–Trinajstić information content (AvgIpc) is 3.13. The van der Waals surface area contributed by atoms with E-state index in [1.54, 1.807) is 0 Å². The van der Waals surface area contributed by atoms with Crippen LogP contribution < -0.4 is 0 Å². The molecule has 0 nitrogen and oxygen atoms in total. The monoisotopic (exact) mass is 582 g/mol. The summed E-state index contributed by atoms with van der Waals surface area (Å²) in [7, 11) is 0. The molecule has 0 unspecified atom stereocenters. The van der Waals surface area contributed by atoms with Gasteiger partial charge in [0.1, 0.15) is 0 Å². The topological polar surface area (TPSA) is 0 Å². The van der Waals surface area contributed by atoms with E-state index in [4.69, 9.17) is 0 Å². The van der Waals surface area contributed by atoms with Crippen LogP contribution in [0, 0.1) is 0 Å². The summed E-state index contributed by atoms with van der Waals surface area (Å²) < 4.78 is 0. The molecule has 0 radical (unpaired) electrons. The Bertz CT molecular complexity index is 2520. The highest BCUT2D eigenvalue weighted by Gasteiger charge is 2.20. The van der Waals surface area contributed by atoms with Gasteiger partial charge in [0.2, 0.25) is 0 Å². The Hall–Kier alpha value is -5.98. The van der Waals surface area contributed by atoms with E-state index in [0.29, 0.717) is 0 Å². The molecule has 0 bridgehead atoms. The van der Waals surface area contributed by atoms with Crippen LogP contribution in [0.4, 0.5) is 0 Å². The second kappa shape index (κ2) is 10.9. The van der Waals surface area contributed by atoms with Gasteiger partial charge in [-0.2, -0.15) is 0 Å². The molecule has 0 saturated heterocycles. The first-order valence-electron chi connectivity index (χ1n) is 15.9. The van der Waals surface area contributed by atoms with E-state index in [0.717, 1.165) is 0 Å². The molecule has 0 heteroatoms. The van der Waals surface area contributed by atoms with Crippen LogP contribution in [0.3, 0.4) is 0 Å². The molecule has 0 aromatic heterocycles. The van der Waals surface area contributed by atoms with Crippen LogP contribution in [0.15, 0.2) is 182 Å². The molecule has 0 fully saturated rings. The summed E-state index contributed by atoms with van der Waals surface area (Å²) >= 11 is 0. The molecule has 9 aromatic carbocycles. The summed E-state index contributed by atoms with van der Waals surface area (Å²) in [6.45, 7) is 0. The van der Waals surface area contributed by atoms with Crippen molar-refractivity contribution in [1.82, 2.24) is 0 Å². The number of hydrogen-bond acceptors (Lipinski definition) is 0. The second-order valence-corrected chi connectivity index (χ2v) is 12.1. The molecule has 0 atom stereocenters. The highest BCUT2D eigenvalue weighted by atomic mass is 14.2. The fraction of sp³-hybridized carbons (Fsp3) is 0. The molecule has 214 valence electrons. The van der Waals surface area contributed by atoms with Gasteiger partial charge in [-0.3, -0.25) is 0 Å². The van der Waals surface area contributed by atoms with Crippen molar-refractivity contribution < 1.29 is 0 Å². The summed E-state index contributed by atoms with van der Waals surface area (Å²) in [6, 6.07) is 66.6. The van der Waals surface area contributed by atoms with Crippen molar-refractivity contribution in [2.45, 2.75) is 0 Å². The maximum atomic E-state index is 2.41. The van der Waals surface area contributed by atoms with Crippen LogP contribution in [0.2, 0.25) is 0 Å². The van der Waals surface area contributed by atoms with Gasteiger partial charge in [-0.05, 0) is 106 Å². The zero-order valence-electron chi connectivity index (χ0n) is 25.3. The van der Waals surface area contributed by atoms with Gasteiger partial charge in [-0.1, -0.05) is 164 Å². The molecule has 0 N–H and O–H groups in total. The van der Waals surface area contributed by atoms with E-state index in [1.165, 1.54) is 87.6 Å². The zero-order chi connectivity index (χ0) is 30.5. The summed E-state index contributed by atoms with van der Waals surface area (Å²) in [6.07, 6.45) is 0. The van der Waals surface area contributed by atoms with Gasteiger partial charge in [0.05, 0.1) is 0 Å². The predicted octanol–water partition coefficient (Wildman–Crippen LogP) is 13.0. The Morgan fingerprint density at radius 1 is 0.217 bits per heavy atom. The first kappa shape index (κ1) is 26.4. The standard InChI is InChI=1S/C46H30/c1-2-15-32(16-3-1)37-19-8-9-21-39(37)45-40-22-10-12-24-42(40)46(43-25-13-11-23-41(43)45)44-30-36(29-35-18-6-7-20-38(35)44)34-27-26-31-14-4-5-17-33(31)28-34/h1-30H. The predicted molar refractivity (Wildman–Crippen MR) is 198 cm³/mol. The second-order valence-electron chi connectivity index (χ2n) is 12.1. The van der Waals surface area contributed by atoms with Crippen LogP contribution in [0.25, 0.3) is 87.6 Å². The minimum Gasteiger partial charge on any atom is -0.0622 e. The molecule has 0 aliphatic rings. The van der Waals surface area contributed by atoms with Crippen LogP contribution in [-0.4, -0.2) is 0 Å². The van der Waals surface area contributed by atoms with Crippen molar-refractivity contribution in [2.24, 2.45) is 0 Å². The Morgan fingerprint density at radius 3 is 1.37 bits per heavy atom. The highest BCUT2D eigenvalue weighted by Crippen LogP contribution is 2.48. The average molecular weight is 583 g/mol. The van der Waals surface area contributed by atoms with Crippen molar-refractivity contribution in [3.05, 3.63) is 182 Å². The van der Waals surface area contributed by atoms with E-state index in [-0.39, 0.29) is 0 Å². The number of rotatable bonds is 4. The maximum Gasteiger partial charge on any atom is -0.00199 e. The molecule has 46 heavy (non-hydrogen) atoms. The minimum atomic E-state index is 1.23. The number of hydrogen-bond donors (Lipinski definition) is 0. The third-order valence-corrected chi connectivity index (χ3v) is 9.43. The van der Waals surface area contributed by atoms with Crippen LogP contribution in [0.1, 0.15) is 0 Å². The number of benzene rings is 9. The first-order valence-corrected chi connectivity index (χ1v) is 15.9.